The van der Waals surface area contributed by atoms with Crippen molar-refractivity contribution in [2.45, 2.75) is 89.1 Å². The minimum Gasteiger partial charge on any atom is -0.481 e. The highest BCUT2D eigenvalue weighted by atomic mass is 19.1. The minimum atomic E-state index is -2.07. The van der Waals surface area contributed by atoms with Gasteiger partial charge in [0.05, 0.1) is 24.0 Å². The van der Waals surface area contributed by atoms with Crippen molar-refractivity contribution in [1.82, 2.24) is 0 Å². The topological polar surface area (TPSA) is 136 Å². The molecule has 0 aromatic carbocycles. The summed E-state index contributed by atoms with van der Waals surface area (Å²) in [5.41, 5.74) is -5.19. The molecule has 5 fully saturated rings. The van der Waals surface area contributed by atoms with Gasteiger partial charge in [-0.3, -0.25) is 19.2 Å². The van der Waals surface area contributed by atoms with Gasteiger partial charge in [-0.25, -0.2) is 4.39 Å². The van der Waals surface area contributed by atoms with Gasteiger partial charge in [-0.15, -0.1) is 0 Å². The molecule has 0 radical (unpaired) electrons. The third-order valence-electron chi connectivity index (χ3n) is 10.8. The summed E-state index contributed by atoms with van der Waals surface area (Å²) < 4.78 is 35.4. The van der Waals surface area contributed by atoms with E-state index in [4.69, 9.17) is 19.3 Å². The first kappa shape index (κ1) is 26.8. The Kier molecular flexibility index (Phi) is 5.54. The number of alkyl halides is 1. The molecular weight excluding hydrogens is 511 g/mol. The van der Waals surface area contributed by atoms with Crippen LogP contribution in [0, 0.1) is 34.5 Å². The lowest BCUT2D eigenvalue weighted by molar-refractivity contribution is -0.246. The number of fused-ring (bicyclic) bond motifs is 7. The molecule has 6 aliphatic rings. The maximum absolute atomic E-state index is 17.4. The average Bonchev–Trinajstić information content (AvgIpc) is 3.56. The fourth-order valence-electron chi connectivity index (χ4n) is 8.89. The molecule has 2 N–H and O–H groups in total. The molecule has 1 saturated heterocycles. The zero-order chi connectivity index (χ0) is 28.3. The van der Waals surface area contributed by atoms with Crippen LogP contribution < -0.4 is 0 Å². The lowest BCUT2D eigenvalue weighted by Crippen LogP contribution is -2.70. The second-order valence-electron chi connectivity index (χ2n) is 13.2. The number of carbonyl (C=O) groups excluding carboxylic acids is 3. The number of esters is 1. The van der Waals surface area contributed by atoms with Gasteiger partial charge in [-0.05, 0) is 70.9 Å². The summed E-state index contributed by atoms with van der Waals surface area (Å²) in [6.07, 6.45) is 3.50. The predicted molar refractivity (Wildman–Crippen MR) is 132 cm³/mol. The van der Waals surface area contributed by atoms with E-state index in [2.05, 4.69) is 0 Å². The van der Waals surface area contributed by atoms with Crippen molar-refractivity contribution in [1.29, 1.82) is 0 Å². The summed E-state index contributed by atoms with van der Waals surface area (Å²) in [7, 11) is 0. The molecule has 0 unspecified atom stereocenters. The number of rotatable bonds is 5. The molecule has 10 heteroatoms. The maximum Gasteiger partial charge on any atom is 0.310 e. The number of ether oxygens (including phenoxy) is 3. The standard InChI is InChI=1S/C29H35FO9/c1-25(2)38-22-11-19-18-6-5-14-9-15(31)7-8-26(14,3)28(18,30)20(32)12-27(19,4)29(22,39-25)21(33)13-37-24(36)17-10-16(17)23(34)35/h7-9,16-20,22,32H,5-6,10-13H2,1-4H3,(H,34,35)/t16-,17-,18+,19+,20+,22-,26+,27+,28+,29-/m1/s1. The first-order chi connectivity index (χ1) is 18.1. The van der Waals surface area contributed by atoms with Crippen molar-refractivity contribution in [2.24, 2.45) is 34.5 Å². The van der Waals surface area contributed by atoms with E-state index in [1.54, 1.807) is 26.8 Å². The van der Waals surface area contributed by atoms with E-state index in [-0.39, 0.29) is 18.6 Å². The lowest BCUT2D eigenvalue weighted by Gasteiger charge is -2.62. The van der Waals surface area contributed by atoms with Crippen LogP contribution >= 0.6 is 0 Å². The Morgan fingerprint density at radius 2 is 1.85 bits per heavy atom. The van der Waals surface area contributed by atoms with Gasteiger partial charge in [0.15, 0.2) is 29.4 Å². The molecule has 0 spiro atoms. The van der Waals surface area contributed by atoms with Crippen LogP contribution in [-0.2, 0) is 33.4 Å². The van der Waals surface area contributed by atoms with Crippen molar-refractivity contribution in [3.05, 3.63) is 23.8 Å². The quantitative estimate of drug-likeness (QED) is 0.499. The van der Waals surface area contributed by atoms with Gasteiger partial charge in [-0.1, -0.05) is 18.6 Å². The van der Waals surface area contributed by atoms with Crippen LogP contribution in [0.3, 0.4) is 0 Å². The maximum atomic E-state index is 17.4. The van der Waals surface area contributed by atoms with E-state index in [1.807, 2.05) is 6.92 Å². The highest BCUT2D eigenvalue weighted by molar-refractivity contribution is 6.01. The number of carboxylic acids is 1. The van der Waals surface area contributed by atoms with Gasteiger partial charge in [-0.2, -0.15) is 0 Å². The third-order valence-corrected chi connectivity index (χ3v) is 10.8. The minimum absolute atomic E-state index is 0.0886. The van der Waals surface area contributed by atoms with E-state index in [0.717, 1.165) is 0 Å². The van der Waals surface area contributed by atoms with E-state index in [9.17, 15) is 24.3 Å². The Hall–Kier alpha value is -2.43. The summed E-state index contributed by atoms with van der Waals surface area (Å²) in [4.78, 5) is 49.7. The molecule has 0 aromatic heterocycles. The monoisotopic (exact) mass is 546 g/mol. The fourth-order valence-corrected chi connectivity index (χ4v) is 8.89. The molecule has 39 heavy (non-hydrogen) atoms. The zero-order valence-corrected chi connectivity index (χ0v) is 22.6. The molecular formula is C29H35FO9. The number of aliphatic carboxylic acids is 1. The Bertz CT molecular complexity index is 1240. The van der Waals surface area contributed by atoms with Gasteiger partial charge in [0.1, 0.15) is 0 Å². The number of aliphatic hydroxyl groups is 1. The summed E-state index contributed by atoms with van der Waals surface area (Å²) in [5, 5.41) is 20.7. The molecule has 1 aliphatic heterocycles. The number of halogens is 1. The molecule has 5 aliphatic carbocycles. The summed E-state index contributed by atoms with van der Waals surface area (Å²) >= 11 is 0. The van der Waals surface area contributed by atoms with Crippen LogP contribution in [0.5, 0.6) is 0 Å². The molecule has 6 rings (SSSR count). The molecule has 0 aromatic rings. The Morgan fingerprint density at radius 3 is 2.51 bits per heavy atom. The van der Waals surface area contributed by atoms with Gasteiger partial charge in [0, 0.05) is 16.7 Å². The molecule has 0 amide bonds. The fraction of sp³-hybridized carbons (Fsp3) is 0.724. The van der Waals surface area contributed by atoms with Crippen LogP contribution in [0.1, 0.15) is 59.8 Å². The van der Waals surface area contributed by atoms with Gasteiger partial charge in [0.25, 0.3) is 0 Å². The molecule has 10 atom stereocenters. The number of Topliss-reactive ketones (excluding diaryl/α,β-unsaturated/α-hetero) is 1. The summed E-state index contributed by atoms with van der Waals surface area (Å²) in [6.45, 7) is 6.31. The molecule has 9 nitrogen and oxygen atoms in total. The SMILES string of the molecule is CC1(C)O[C@@H]2C[C@H]3[C@@H]4CCC5=CC(=O)C=C[C@]5(C)[C@@]4(F)[C@@H](O)C[C@]3(C)[C@]2(C(=O)COC(=O)[C@@H]2C[C@H]2C(=O)O)O1. The van der Waals surface area contributed by atoms with Crippen LogP contribution in [0.4, 0.5) is 4.39 Å². The number of hydrogen-bond donors (Lipinski definition) is 2. The smallest absolute Gasteiger partial charge is 0.310 e. The van der Waals surface area contributed by atoms with E-state index in [1.165, 1.54) is 12.2 Å². The number of carbonyl (C=O) groups is 4. The predicted octanol–water partition coefficient (Wildman–Crippen LogP) is 2.69. The van der Waals surface area contributed by atoms with Crippen molar-refractivity contribution in [3.63, 3.8) is 0 Å². The zero-order valence-electron chi connectivity index (χ0n) is 22.6. The number of allylic oxidation sites excluding steroid dienone is 4. The first-order valence-corrected chi connectivity index (χ1v) is 13.7. The van der Waals surface area contributed by atoms with E-state index in [0.29, 0.717) is 24.8 Å². The van der Waals surface area contributed by atoms with Crippen molar-refractivity contribution in [3.8, 4) is 0 Å². The van der Waals surface area contributed by atoms with Crippen molar-refractivity contribution < 1.29 is 48.0 Å². The Labute approximate surface area is 225 Å². The third kappa shape index (κ3) is 3.34. The van der Waals surface area contributed by atoms with Crippen molar-refractivity contribution in [2.75, 3.05) is 6.61 Å². The highest BCUT2D eigenvalue weighted by Crippen LogP contribution is 2.72. The van der Waals surface area contributed by atoms with Crippen LogP contribution in [0.15, 0.2) is 23.8 Å². The second-order valence-corrected chi connectivity index (χ2v) is 13.2. The van der Waals surface area contributed by atoms with E-state index < -0.39 is 88.1 Å². The largest absolute Gasteiger partial charge is 0.481 e. The van der Waals surface area contributed by atoms with Gasteiger partial charge >= 0.3 is 11.9 Å². The second kappa shape index (κ2) is 8.07. The molecule has 1 heterocycles. The molecule has 0 bridgehead atoms. The molecule has 212 valence electrons. The lowest BCUT2D eigenvalue weighted by atomic mass is 9.44. The van der Waals surface area contributed by atoms with Crippen LogP contribution in [0.2, 0.25) is 0 Å². The summed E-state index contributed by atoms with van der Waals surface area (Å²) in [5.74, 6) is -6.31. The first-order valence-electron chi connectivity index (χ1n) is 13.7. The number of aliphatic hydroxyl groups excluding tert-OH is 1. The Balaban J connectivity index is 1.33. The number of carboxylic acid groups (broad SMARTS) is 1. The van der Waals surface area contributed by atoms with Crippen LogP contribution in [0.25, 0.3) is 0 Å². The van der Waals surface area contributed by atoms with Gasteiger partial charge in [0.2, 0.25) is 5.78 Å². The van der Waals surface area contributed by atoms with Crippen molar-refractivity contribution >= 4 is 23.5 Å². The molecule has 4 saturated carbocycles. The summed E-state index contributed by atoms with van der Waals surface area (Å²) in [6, 6.07) is 0. The number of ketones is 2. The highest BCUT2D eigenvalue weighted by Gasteiger charge is 2.80. The van der Waals surface area contributed by atoms with Crippen LogP contribution in [-0.4, -0.2) is 69.6 Å². The normalized spacial score (nSPS) is 48.8. The van der Waals surface area contributed by atoms with E-state index >= 15 is 4.39 Å². The van der Waals surface area contributed by atoms with Gasteiger partial charge < -0.3 is 24.4 Å². The Morgan fingerprint density at radius 1 is 1.13 bits per heavy atom. The average molecular weight is 547 g/mol. The number of hydrogen-bond acceptors (Lipinski definition) is 8.